The summed E-state index contributed by atoms with van der Waals surface area (Å²) in [7, 11) is 0. The summed E-state index contributed by atoms with van der Waals surface area (Å²) in [6, 6.07) is 13.1. The van der Waals surface area contributed by atoms with E-state index >= 15 is 0 Å². The number of aryl methyl sites for hydroxylation is 3. The number of ether oxygens (including phenoxy) is 1. The van der Waals surface area contributed by atoms with Crippen LogP contribution < -0.4 is 10.1 Å². The summed E-state index contributed by atoms with van der Waals surface area (Å²) in [6.45, 7) is 8.12. The molecule has 0 spiro atoms. The van der Waals surface area contributed by atoms with E-state index in [1.165, 1.54) is 0 Å². The van der Waals surface area contributed by atoms with Crippen molar-refractivity contribution in [2.24, 2.45) is 0 Å². The van der Waals surface area contributed by atoms with Crippen molar-refractivity contribution < 1.29 is 14.1 Å². The summed E-state index contributed by atoms with van der Waals surface area (Å²) in [6.07, 6.45) is 0. The third-order valence-electron chi connectivity index (χ3n) is 5.51. The largest absolute Gasteiger partial charge is 0.489 e. The van der Waals surface area contributed by atoms with Gasteiger partial charge in [-0.15, -0.1) is 0 Å². The van der Waals surface area contributed by atoms with Crippen molar-refractivity contribution in [1.82, 2.24) is 14.9 Å². The Morgan fingerprint density at radius 1 is 1.09 bits per heavy atom. The van der Waals surface area contributed by atoms with Crippen LogP contribution in [-0.4, -0.2) is 20.8 Å². The van der Waals surface area contributed by atoms with Crippen molar-refractivity contribution in [3.63, 3.8) is 0 Å². The number of nitrogens with one attached hydrogen (secondary N) is 1. The maximum atomic E-state index is 13.1. The Bertz CT molecular complexity index is 1360. The molecule has 2 aromatic heterocycles. The van der Waals surface area contributed by atoms with Crippen LogP contribution in [0.5, 0.6) is 5.75 Å². The third kappa shape index (κ3) is 5.11. The van der Waals surface area contributed by atoms with Crippen molar-refractivity contribution in [2.45, 2.75) is 40.8 Å². The van der Waals surface area contributed by atoms with Crippen LogP contribution in [0.25, 0.3) is 0 Å². The Hall–Kier alpha value is -3.29. The van der Waals surface area contributed by atoms with E-state index in [-0.39, 0.29) is 18.2 Å². The van der Waals surface area contributed by atoms with Crippen molar-refractivity contribution in [3.8, 4) is 5.75 Å². The zero-order chi connectivity index (χ0) is 24.4. The second-order valence-electron chi connectivity index (χ2n) is 8.08. The van der Waals surface area contributed by atoms with Crippen LogP contribution >= 0.6 is 23.2 Å². The van der Waals surface area contributed by atoms with Crippen molar-refractivity contribution in [2.75, 3.05) is 5.32 Å². The Kier molecular flexibility index (Phi) is 6.95. The zero-order valence-electron chi connectivity index (χ0n) is 19.3. The molecule has 9 heteroatoms. The first kappa shape index (κ1) is 23.9. The molecule has 34 heavy (non-hydrogen) atoms. The number of nitrogens with zero attached hydrogens (tertiary/aromatic N) is 3. The molecule has 4 rings (SSSR count). The number of benzene rings is 2. The van der Waals surface area contributed by atoms with E-state index in [4.69, 9.17) is 32.5 Å². The minimum Gasteiger partial charge on any atom is -0.489 e. The molecule has 0 aliphatic rings. The highest BCUT2D eigenvalue weighted by Gasteiger charge is 2.23. The summed E-state index contributed by atoms with van der Waals surface area (Å²) >= 11 is 12.2. The van der Waals surface area contributed by atoms with E-state index in [0.717, 1.165) is 16.8 Å². The van der Waals surface area contributed by atoms with Crippen LogP contribution in [0.15, 0.2) is 47.0 Å². The number of amides is 1. The smallest absolute Gasteiger partial charge is 0.278 e. The number of rotatable bonds is 7. The summed E-state index contributed by atoms with van der Waals surface area (Å²) < 4.78 is 13.0. The standard InChI is InChI=1S/C25H24Cl2N4O3/c1-14-6-5-7-19(10-14)33-13-20-17(4)34-30-24(20)25(32)28-23-15(2)29-31(16(23)3)12-18-8-9-21(26)22(27)11-18/h5-11H,12-13H2,1-4H3,(H,28,32). The third-order valence-corrected chi connectivity index (χ3v) is 6.25. The molecule has 0 radical (unpaired) electrons. The van der Waals surface area contributed by atoms with E-state index in [9.17, 15) is 4.79 Å². The van der Waals surface area contributed by atoms with Crippen LogP contribution in [0, 0.1) is 27.7 Å². The van der Waals surface area contributed by atoms with Gasteiger partial charge in [0.2, 0.25) is 0 Å². The van der Waals surface area contributed by atoms with E-state index in [0.29, 0.717) is 45.0 Å². The van der Waals surface area contributed by atoms with E-state index in [2.05, 4.69) is 15.6 Å². The average molecular weight is 499 g/mol. The predicted molar refractivity (Wildman–Crippen MR) is 132 cm³/mol. The number of hydrogen-bond donors (Lipinski definition) is 1. The van der Waals surface area contributed by atoms with E-state index < -0.39 is 0 Å². The van der Waals surface area contributed by atoms with Crippen molar-refractivity contribution in [3.05, 3.63) is 92.0 Å². The molecule has 1 amide bonds. The lowest BCUT2D eigenvalue weighted by Crippen LogP contribution is -2.16. The van der Waals surface area contributed by atoms with Gasteiger partial charge in [0.15, 0.2) is 5.69 Å². The molecule has 0 saturated carbocycles. The molecule has 1 N–H and O–H groups in total. The van der Waals surface area contributed by atoms with Gasteiger partial charge in [-0.3, -0.25) is 9.48 Å². The van der Waals surface area contributed by atoms with Crippen LogP contribution in [0.2, 0.25) is 10.0 Å². The topological polar surface area (TPSA) is 82.2 Å². The molecular weight excluding hydrogens is 475 g/mol. The van der Waals surface area contributed by atoms with Gasteiger partial charge in [0, 0.05) is 0 Å². The molecule has 2 heterocycles. The summed E-state index contributed by atoms with van der Waals surface area (Å²) in [4.78, 5) is 13.1. The Morgan fingerprint density at radius 3 is 2.62 bits per heavy atom. The molecule has 176 valence electrons. The fourth-order valence-electron chi connectivity index (χ4n) is 3.62. The number of halogens is 2. The predicted octanol–water partition coefficient (Wildman–Crippen LogP) is 6.29. The number of hydrogen-bond acceptors (Lipinski definition) is 5. The number of carbonyl (C=O) groups is 1. The summed E-state index contributed by atoms with van der Waals surface area (Å²) in [5.74, 6) is 0.851. The lowest BCUT2D eigenvalue weighted by atomic mass is 10.2. The maximum absolute atomic E-state index is 13.1. The highest BCUT2D eigenvalue weighted by molar-refractivity contribution is 6.42. The minimum atomic E-state index is -0.389. The SMILES string of the molecule is Cc1cccc(OCc2c(C(=O)Nc3c(C)nn(Cc4ccc(Cl)c(Cl)c4)c3C)noc2C)c1. The lowest BCUT2D eigenvalue weighted by Gasteiger charge is -2.09. The molecule has 0 bridgehead atoms. The molecule has 0 aliphatic heterocycles. The molecule has 0 atom stereocenters. The minimum absolute atomic E-state index is 0.163. The second-order valence-corrected chi connectivity index (χ2v) is 8.89. The van der Waals surface area contributed by atoms with Gasteiger partial charge in [-0.2, -0.15) is 5.10 Å². The van der Waals surface area contributed by atoms with Crippen LogP contribution in [-0.2, 0) is 13.2 Å². The molecule has 4 aromatic rings. The molecule has 0 unspecified atom stereocenters. The number of carbonyl (C=O) groups excluding carboxylic acids is 1. The molecule has 0 fully saturated rings. The maximum Gasteiger partial charge on any atom is 0.278 e. The molecule has 2 aromatic carbocycles. The molecule has 0 saturated heterocycles. The van der Waals surface area contributed by atoms with Crippen molar-refractivity contribution in [1.29, 1.82) is 0 Å². The number of aromatic nitrogens is 3. The zero-order valence-corrected chi connectivity index (χ0v) is 20.8. The van der Waals surface area contributed by atoms with Gasteiger partial charge in [0.1, 0.15) is 18.1 Å². The first-order valence-corrected chi connectivity index (χ1v) is 11.4. The summed E-state index contributed by atoms with van der Waals surface area (Å²) in [5.41, 5.74) is 4.91. The normalized spacial score (nSPS) is 11.0. The van der Waals surface area contributed by atoms with Gasteiger partial charge < -0.3 is 14.6 Å². The number of anilines is 1. The van der Waals surface area contributed by atoms with E-state index in [1.807, 2.05) is 51.1 Å². The second kappa shape index (κ2) is 9.91. The first-order valence-electron chi connectivity index (χ1n) is 10.7. The van der Waals surface area contributed by atoms with E-state index in [1.54, 1.807) is 23.7 Å². The van der Waals surface area contributed by atoms with Gasteiger partial charge in [-0.25, -0.2) is 0 Å². The first-order chi connectivity index (χ1) is 16.2. The fourth-order valence-corrected chi connectivity index (χ4v) is 3.94. The van der Waals surface area contributed by atoms with Crippen molar-refractivity contribution >= 4 is 34.8 Å². The molecule has 0 aliphatic carbocycles. The average Bonchev–Trinajstić information content (AvgIpc) is 3.29. The van der Waals surface area contributed by atoms with Crippen LogP contribution in [0.3, 0.4) is 0 Å². The Morgan fingerprint density at radius 2 is 1.88 bits per heavy atom. The van der Waals surface area contributed by atoms with Gasteiger partial charge in [0.05, 0.1) is 39.2 Å². The van der Waals surface area contributed by atoms with Crippen LogP contribution in [0.4, 0.5) is 5.69 Å². The molecular formula is C25H24Cl2N4O3. The summed E-state index contributed by atoms with van der Waals surface area (Å²) in [5, 5.41) is 12.5. The fraction of sp³-hybridized carbons (Fsp3) is 0.240. The van der Waals surface area contributed by atoms with Gasteiger partial charge >= 0.3 is 0 Å². The highest BCUT2D eigenvalue weighted by atomic mass is 35.5. The lowest BCUT2D eigenvalue weighted by molar-refractivity contribution is 0.101. The van der Waals surface area contributed by atoms with Gasteiger partial charge in [0.25, 0.3) is 5.91 Å². The van der Waals surface area contributed by atoms with Gasteiger partial charge in [-0.1, -0.05) is 46.6 Å². The highest BCUT2D eigenvalue weighted by Crippen LogP contribution is 2.26. The quantitative estimate of drug-likeness (QED) is 0.323. The Labute approximate surface area is 207 Å². The monoisotopic (exact) mass is 498 g/mol. The van der Waals surface area contributed by atoms with Crippen LogP contribution in [0.1, 0.15) is 44.3 Å². The van der Waals surface area contributed by atoms with Gasteiger partial charge in [-0.05, 0) is 63.1 Å². The molecule has 7 nitrogen and oxygen atoms in total. The Balaban J connectivity index is 1.51.